The number of nitrogens with two attached hydrogens (primary N) is 1. The second-order valence-electron chi connectivity index (χ2n) is 3.27. The SMILES string of the molecule is CNCCCN(CCCN)CC(=O)O. The van der Waals surface area contributed by atoms with Crippen molar-refractivity contribution in [1.29, 1.82) is 0 Å². The van der Waals surface area contributed by atoms with E-state index < -0.39 is 5.97 Å². The monoisotopic (exact) mass is 203 g/mol. The zero-order valence-corrected chi connectivity index (χ0v) is 8.83. The first kappa shape index (κ1) is 13.4. The normalized spacial score (nSPS) is 10.8. The maximum atomic E-state index is 10.5. The summed E-state index contributed by atoms with van der Waals surface area (Å²) < 4.78 is 0. The molecule has 0 aliphatic heterocycles. The van der Waals surface area contributed by atoms with E-state index in [9.17, 15) is 4.79 Å². The Balaban J connectivity index is 3.66. The number of nitrogens with one attached hydrogen (secondary N) is 1. The molecule has 0 rings (SSSR count). The number of hydrogen-bond acceptors (Lipinski definition) is 4. The molecule has 0 atom stereocenters. The molecule has 4 N–H and O–H groups in total. The van der Waals surface area contributed by atoms with Gasteiger partial charge < -0.3 is 16.2 Å². The number of nitrogens with zero attached hydrogens (tertiary/aromatic N) is 1. The Hall–Kier alpha value is -0.650. The third-order valence-electron chi connectivity index (χ3n) is 1.94. The fraction of sp³-hybridized carbons (Fsp3) is 0.889. The lowest BCUT2D eigenvalue weighted by molar-refractivity contribution is -0.138. The lowest BCUT2D eigenvalue weighted by Crippen LogP contribution is -2.33. The Morgan fingerprint density at radius 2 is 2.07 bits per heavy atom. The Bertz CT molecular complexity index is 153. The van der Waals surface area contributed by atoms with E-state index >= 15 is 0 Å². The minimum absolute atomic E-state index is 0.115. The van der Waals surface area contributed by atoms with Crippen molar-refractivity contribution in [1.82, 2.24) is 10.2 Å². The van der Waals surface area contributed by atoms with Gasteiger partial charge in [0.2, 0.25) is 0 Å². The minimum atomic E-state index is -0.772. The molecule has 5 heteroatoms. The van der Waals surface area contributed by atoms with Gasteiger partial charge in [0.05, 0.1) is 6.54 Å². The molecule has 5 nitrogen and oxygen atoms in total. The lowest BCUT2D eigenvalue weighted by Gasteiger charge is -2.19. The second-order valence-corrected chi connectivity index (χ2v) is 3.27. The Morgan fingerprint density at radius 1 is 1.43 bits per heavy atom. The van der Waals surface area contributed by atoms with Crippen LogP contribution in [0, 0.1) is 0 Å². The fourth-order valence-corrected chi connectivity index (χ4v) is 1.26. The molecule has 0 radical (unpaired) electrons. The van der Waals surface area contributed by atoms with Crippen molar-refractivity contribution in [3.05, 3.63) is 0 Å². The van der Waals surface area contributed by atoms with Gasteiger partial charge in [-0.05, 0) is 46.1 Å². The molecule has 0 heterocycles. The summed E-state index contributed by atoms with van der Waals surface area (Å²) >= 11 is 0. The number of carboxylic acid groups (broad SMARTS) is 1. The standard InChI is InChI=1S/C9H21N3O2/c1-11-5-3-7-12(6-2-4-10)8-9(13)14/h11H,2-8,10H2,1H3,(H,13,14). The molecule has 0 aliphatic rings. The molecule has 0 aromatic heterocycles. The molecule has 0 aromatic rings. The summed E-state index contributed by atoms with van der Waals surface area (Å²) in [6.07, 6.45) is 1.82. The van der Waals surface area contributed by atoms with Crippen molar-refractivity contribution in [3.63, 3.8) is 0 Å². The smallest absolute Gasteiger partial charge is 0.317 e. The quantitative estimate of drug-likeness (QED) is 0.433. The molecule has 0 bridgehead atoms. The van der Waals surface area contributed by atoms with E-state index in [-0.39, 0.29) is 6.54 Å². The maximum absolute atomic E-state index is 10.5. The average Bonchev–Trinajstić information content (AvgIpc) is 2.13. The van der Waals surface area contributed by atoms with Crippen LogP contribution in [0.3, 0.4) is 0 Å². The first-order chi connectivity index (χ1) is 6.70. The summed E-state index contributed by atoms with van der Waals surface area (Å²) in [5, 5.41) is 11.7. The topological polar surface area (TPSA) is 78.6 Å². The van der Waals surface area contributed by atoms with Crippen LogP contribution in [0.25, 0.3) is 0 Å². The number of carbonyl (C=O) groups is 1. The summed E-state index contributed by atoms with van der Waals surface area (Å²) in [7, 11) is 1.89. The van der Waals surface area contributed by atoms with E-state index in [1.807, 2.05) is 11.9 Å². The predicted molar refractivity (Wildman–Crippen MR) is 56.3 cm³/mol. The molecule has 0 unspecified atom stereocenters. The van der Waals surface area contributed by atoms with Crippen LogP contribution in [0.4, 0.5) is 0 Å². The van der Waals surface area contributed by atoms with Crippen molar-refractivity contribution in [3.8, 4) is 0 Å². The third kappa shape index (κ3) is 7.97. The molecule has 0 fully saturated rings. The zero-order valence-electron chi connectivity index (χ0n) is 8.83. The summed E-state index contributed by atoms with van der Waals surface area (Å²) in [6.45, 7) is 3.23. The van der Waals surface area contributed by atoms with Gasteiger partial charge in [-0.15, -0.1) is 0 Å². The second kappa shape index (κ2) is 8.93. The van der Waals surface area contributed by atoms with Crippen LogP contribution in [-0.4, -0.2) is 55.7 Å². The molecule has 0 aliphatic carbocycles. The van der Waals surface area contributed by atoms with Gasteiger partial charge in [-0.3, -0.25) is 9.69 Å². The van der Waals surface area contributed by atoms with Gasteiger partial charge in [-0.2, -0.15) is 0 Å². The minimum Gasteiger partial charge on any atom is -0.480 e. The van der Waals surface area contributed by atoms with Crippen LogP contribution in [0.1, 0.15) is 12.8 Å². The first-order valence-electron chi connectivity index (χ1n) is 4.99. The van der Waals surface area contributed by atoms with Crippen molar-refractivity contribution >= 4 is 5.97 Å². The number of rotatable bonds is 9. The van der Waals surface area contributed by atoms with Gasteiger partial charge >= 0.3 is 5.97 Å². The van der Waals surface area contributed by atoms with Crippen LogP contribution in [0.2, 0.25) is 0 Å². The molecular formula is C9H21N3O2. The Labute approximate surface area is 85.3 Å². The molecule has 0 aromatic carbocycles. The molecule has 0 saturated carbocycles. The van der Waals surface area contributed by atoms with E-state index in [1.54, 1.807) is 0 Å². The first-order valence-corrected chi connectivity index (χ1v) is 4.99. The highest BCUT2D eigenvalue weighted by molar-refractivity contribution is 5.69. The number of hydrogen-bond donors (Lipinski definition) is 3. The van der Waals surface area contributed by atoms with Crippen molar-refractivity contribution < 1.29 is 9.90 Å². The van der Waals surface area contributed by atoms with Crippen LogP contribution < -0.4 is 11.1 Å². The van der Waals surface area contributed by atoms with Gasteiger partial charge in [0, 0.05) is 0 Å². The largest absolute Gasteiger partial charge is 0.480 e. The summed E-state index contributed by atoms with van der Waals surface area (Å²) in [5.74, 6) is -0.772. The predicted octanol–water partition coefficient (Wildman–Crippen LogP) is -0.669. The Kier molecular flexibility index (Phi) is 8.51. The molecule has 84 valence electrons. The van der Waals surface area contributed by atoms with E-state index in [0.29, 0.717) is 6.54 Å². The van der Waals surface area contributed by atoms with E-state index in [4.69, 9.17) is 10.8 Å². The van der Waals surface area contributed by atoms with E-state index in [1.165, 1.54) is 0 Å². The molecule has 14 heavy (non-hydrogen) atoms. The van der Waals surface area contributed by atoms with Crippen molar-refractivity contribution in [2.24, 2.45) is 5.73 Å². The summed E-state index contributed by atoms with van der Waals surface area (Å²) in [4.78, 5) is 12.4. The van der Waals surface area contributed by atoms with Crippen LogP contribution in [0.5, 0.6) is 0 Å². The third-order valence-corrected chi connectivity index (χ3v) is 1.94. The summed E-state index contributed by atoms with van der Waals surface area (Å²) in [6, 6.07) is 0. The highest BCUT2D eigenvalue weighted by Crippen LogP contribution is 1.93. The maximum Gasteiger partial charge on any atom is 0.317 e. The van der Waals surface area contributed by atoms with Gasteiger partial charge in [0.1, 0.15) is 0 Å². The van der Waals surface area contributed by atoms with E-state index in [2.05, 4.69) is 5.32 Å². The van der Waals surface area contributed by atoms with Gasteiger partial charge in [0.25, 0.3) is 0 Å². The fourth-order valence-electron chi connectivity index (χ4n) is 1.26. The van der Waals surface area contributed by atoms with Crippen LogP contribution in [0.15, 0.2) is 0 Å². The van der Waals surface area contributed by atoms with E-state index in [0.717, 1.165) is 32.5 Å². The van der Waals surface area contributed by atoms with Gasteiger partial charge in [-0.25, -0.2) is 0 Å². The van der Waals surface area contributed by atoms with Crippen molar-refractivity contribution in [2.45, 2.75) is 12.8 Å². The molecule has 0 amide bonds. The number of aliphatic carboxylic acids is 1. The molecular weight excluding hydrogens is 182 g/mol. The Morgan fingerprint density at radius 3 is 2.57 bits per heavy atom. The van der Waals surface area contributed by atoms with Gasteiger partial charge in [0.15, 0.2) is 0 Å². The van der Waals surface area contributed by atoms with Crippen molar-refractivity contribution in [2.75, 3.05) is 39.8 Å². The highest BCUT2D eigenvalue weighted by atomic mass is 16.4. The number of carboxylic acids is 1. The zero-order chi connectivity index (χ0) is 10.8. The summed E-state index contributed by atoms with van der Waals surface area (Å²) in [5.41, 5.74) is 5.38. The highest BCUT2D eigenvalue weighted by Gasteiger charge is 2.07. The van der Waals surface area contributed by atoms with Gasteiger partial charge in [-0.1, -0.05) is 0 Å². The average molecular weight is 203 g/mol. The van der Waals surface area contributed by atoms with Crippen LogP contribution >= 0.6 is 0 Å². The van der Waals surface area contributed by atoms with Crippen LogP contribution in [-0.2, 0) is 4.79 Å². The lowest BCUT2D eigenvalue weighted by atomic mass is 10.3. The molecule has 0 saturated heterocycles. The molecule has 0 spiro atoms.